The molecule has 0 amide bonds. The maximum Gasteiger partial charge on any atom is 0.534 e. The van der Waals surface area contributed by atoms with Gasteiger partial charge in [0, 0.05) is 11.4 Å². The number of alkyl halides is 3. The van der Waals surface area contributed by atoms with E-state index in [-0.39, 0.29) is 12.2 Å². The van der Waals surface area contributed by atoms with E-state index in [1.165, 1.54) is 6.08 Å². The minimum Gasteiger partial charge on any atom is -0.381 e. The Balaban J connectivity index is 2.28. The van der Waals surface area contributed by atoms with Crippen LogP contribution in [0.3, 0.4) is 0 Å². The van der Waals surface area contributed by atoms with Crippen LogP contribution >= 0.6 is 11.6 Å². The third-order valence-corrected chi connectivity index (χ3v) is 3.80. The molecule has 1 aromatic carbocycles. The zero-order chi connectivity index (χ0) is 14.3. The summed E-state index contributed by atoms with van der Waals surface area (Å²) in [6.45, 7) is 0. The third kappa shape index (κ3) is 3.03. The first-order valence-corrected chi connectivity index (χ1v) is 6.97. The smallest absolute Gasteiger partial charge is 0.381 e. The van der Waals surface area contributed by atoms with Gasteiger partial charge in [-0.3, -0.25) is 0 Å². The van der Waals surface area contributed by atoms with Crippen molar-refractivity contribution in [1.29, 1.82) is 0 Å². The average Bonchev–Trinajstić information content (AvgIpc) is 2.27. The molecule has 104 valence electrons. The van der Waals surface area contributed by atoms with E-state index in [0.717, 1.165) is 5.56 Å². The second-order valence-corrected chi connectivity index (χ2v) is 5.91. The summed E-state index contributed by atoms with van der Waals surface area (Å²) in [6.07, 6.45) is 1.72. The molecule has 0 fully saturated rings. The van der Waals surface area contributed by atoms with Gasteiger partial charge in [-0.2, -0.15) is 21.6 Å². The highest BCUT2D eigenvalue weighted by Crippen LogP contribution is 2.32. The van der Waals surface area contributed by atoms with Gasteiger partial charge in [-0.15, -0.1) is 0 Å². The molecule has 0 spiro atoms. The van der Waals surface area contributed by atoms with Crippen LogP contribution in [-0.2, 0) is 20.7 Å². The molecule has 0 saturated heterocycles. The van der Waals surface area contributed by atoms with E-state index in [2.05, 4.69) is 4.18 Å². The first-order chi connectivity index (χ1) is 8.69. The van der Waals surface area contributed by atoms with Crippen LogP contribution in [0.15, 0.2) is 24.0 Å². The summed E-state index contributed by atoms with van der Waals surface area (Å²) in [5.41, 5.74) is -3.99. The summed E-state index contributed by atoms with van der Waals surface area (Å²) in [7, 11) is -5.60. The molecular formula is C11H8ClF3O3S. The van der Waals surface area contributed by atoms with Gasteiger partial charge < -0.3 is 4.18 Å². The Hall–Kier alpha value is -1.21. The van der Waals surface area contributed by atoms with E-state index >= 15 is 0 Å². The molecule has 3 nitrogen and oxygen atoms in total. The molecule has 8 heteroatoms. The monoisotopic (exact) mass is 312 g/mol. The topological polar surface area (TPSA) is 43.4 Å². The van der Waals surface area contributed by atoms with Crippen LogP contribution in [0, 0.1) is 0 Å². The zero-order valence-electron chi connectivity index (χ0n) is 9.37. The number of halogens is 4. The van der Waals surface area contributed by atoms with Gasteiger partial charge in [0.25, 0.3) is 0 Å². The molecule has 0 N–H and O–H groups in total. The van der Waals surface area contributed by atoms with Crippen molar-refractivity contribution < 1.29 is 25.8 Å². The van der Waals surface area contributed by atoms with Crippen molar-refractivity contribution in [1.82, 2.24) is 0 Å². The predicted molar refractivity (Wildman–Crippen MR) is 63.8 cm³/mol. The van der Waals surface area contributed by atoms with Gasteiger partial charge in [-0.25, -0.2) is 0 Å². The normalized spacial score (nSPS) is 15.7. The fourth-order valence-corrected chi connectivity index (χ4v) is 2.39. The van der Waals surface area contributed by atoms with E-state index in [1.54, 1.807) is 18.2 Å². The Morgan fingerprint density at radius 3 is 2.53 bits per heavy atom. The number of allylic oxidation sites excluding steroid dienone is 1. The molecule has 1 aliphatic rings. The Kier molecular flexibility index (Phi) is 3.53. The molecule has 0 heterocycles. The van der Waals surface area contributed by atoms with Crippen LogP contribution in [0.5, 0.6) is 0 Å². The van der Waals surface area contributed by atoms with Gasteiger partial charge in [-0.05, 0) is 35.8 Å². The molecule has 0 atom stereocenters. The van der Waals surface area contributed by atoms with Crippen molar-refractivity contribution in [2.45, 2.75) is 18.3 Å². The number of aryl methyl sites for hydroxylation is 1. The highest BCUT2D eigenvalue weighted by atomic mass is 35.5. The molecule has 19 heavy (non-hydrogen) atoms. The summed E-state index contributed by atoms with van der Waals surface area (Å²) < 4.78 is 62.4. The lowest BCUT2D eigenvalue weighted by molar-refractivity contribution is -0.0522. The molecule has 0 aliphatic heterocycles. The lowest BCUT2D eigenvalue weighted by Gasteiger charge is -2.17. The predicted octanol–water partition coefficient (Wildman–Crippen LogP) is 3.49. The molecule has 1 aromatic rings. The molecule has 2 rings (SSSR count). The molecule has 0 saturated carbocycles. The van der Waals surface area contributed by atoms with E-state index in [4.69, 9.17) is 11.6 Å². The summed E-state index contributed by atoms with van der Waals surface area (Å²) in [5.74, 6) is -0.229. The van der Waals surface area contributed by atoms with Crippen molar-refractivity contribution in [3.8, 4) is 0 Å². The Labute approximate surface area is 112 Å². The maximum absolute atomic E-state index is 12.2. The third-order valence-electron chi connectivity index (χ3n) is 2.56. The Morgan fingerprint density at radius 1 is 1.21 bits per heavy atom. The highest BCUT2D eigenvalue weighted by molar-refractivity contribution is 7.87. The summed E-state index contributed by atoms with van der Waals surface area (Å²) in [4.78, 5) is 0. The maximum atomic E-state index is 12.2. The van der Waals surface area contributed by atoms with Gasteiger partial charge in [0.1, 0.15) is 5.76 Å². The summed E-state index contributed by atoms with van der Waals surface area (Å²) >= 11 is 5.78. The zero-order valence-corrected chi connectivity index (χ0v) is 10.9. The lowest BCUT2D eigenvalue weighted by Crippen LogP contribution is -2.25. The number of hydrogen-bond donors (Lipinski definition) is 0. The molecular weight excluding hydrogens is 305 g/mol. The lowest BCUT2D eigenvalue weighted by atomic mass is 9.96. The van der Waals surface area contributed by atoms with Gasteiger partial charge in [0.15, 0.2) is 0 Å². The van der Waals surface area contributed by atoms with Crippen LogP contribution in [-0.4, -0.2) is 13.9 Å². The van der Waals surface area contributed by atoms with E-state index in [0.29, 0.717) is 17.0 Å². The van der Waals surface area contributed by atoms with Crippen LogP contribution < -0.4 is 0 Å². The minimum atomic E-state index is -5.60. The van der Waals surface area contributed by atoms with Gasteiger partial charge in [0.05, 0.1) is 0 Å². The highest BCUT2D eigenvalue weighted by Gasteiger charge is 2.48. The largest absolute Gasteiger partial charge is 0.534 e. The molecule has 0 aromatic heterocycles. The van der Waals surface area contributed by atoms with Gasteiger partial charge in [-0.1, -0.05) is 17.7 Å². The molecule has 0 unspecified atom stereocenters. The average molecular weight is 313 g/mol. The molecule has 0 radical (unpaired) electrons. The number of fused-ring (bicyclic) bond motifs is 1. The number of hydrogen-bond acceptors (Lipinski definition) is 3. The minimum absolute atomic E-state index is 0.0721. The Bertz CT molecular complexity index is 635. The first-order valence-electron chi connectivity index (χ1n) is 5.19. The second-order valence-electron chi connectivity index (χ2n) is 3.94. The first kappa shape index (κ1) is 14.2. The number of rotatable bonds is 2. The van der Waals surface area contributed by atoms with Crippen LogP contribution in [0.2, 0.25) is 5.02 Å². The van der Waals surface area contributed by atoms with Crippen molar-refractivity contribution in [3.63, 3.8) is 0 Å². The van der Waals surface area contributed by atoms with E-state index in [1.807, 2.05) is 0 Å². The number of benzene rings is 1. The van der Waals surface area contributed by atoms with Crippen molar-refractivity contribution in [2.75, 3.05) is 0 Å². The second kappa shape index (κ2) is 4.72. The summed E-state index contributed by atoms with van der Waals surface area (Å²) in [5, 5.41) is 0.513. The van der Waals surface area contributed by atoms with Crippen LogP contribution in [0.1, 0.15) is 17.5 Å². The van der Waals surface area contributed by atoms with Crippen molar-refractivity contribution >= 4 is 27.8 Å². The van der Waals surface area contributed by atoms with E-state index in [9.17, 15) is 21.6 Å². The molecule has 0 bridgehead atoms. The fraction of sp³-hybridized carbons (Fsp3) is 0.273. The standard InChI is InChI=1S/C11H8ClF3O3S/c12-9-3-1-8-6-10(4-2-7(8)5-9)18-19(16,17)11(13,14)15/h1,3,5-6H,2,4H2. The van der Waals surface area contributed by atoms with Gasteiger partial charge in [0.2, 0.25) is 0 Å². The van der Waals surface area contributed by atoms with Crippen LogP contribution in [0.25, 0.3) is 6.08 Å². The van der Waals surface area contributed by atoms with E-state index < -0.39 is 15.6 Å². The molecule has 1 aliphatic carbocycles. The Morgan fingerprint density at radius 2 is 1.89 bits per heavy atom. The van der Waals surface area contributed by atoms with Crippen molar-refractivity contribution in [3.05, 3.63) is 40.1 Å². The van der Waals surface area contributed by atoms with Gasteiger partial charge >= 0.3 is 15.6 Å². The SMILES string of the molecule is O=S(=O)(OC1=Cc2ccc(Cl)cc2CC1)C(F)(F)F. The van der Waals surface area contributed by atoms with Crippen molar-refractivity contribution in [2.24, 2.45) is 0 Å². The summed E-state index contributed by atoms with van der Waals surface area (Å²) in [6, 6.07) is 4.85. The fourth-order valence-electron chi connectivity index (χ4n) is 1.69. The quantitative estimate of drug-likeness (QED) is 0.620. The van der Waals surface area contributed by atoms with Crippen LogP contribution in [0.4, 0.5) is 13.2 Å².